The van der Waals surface area contributed by atoms with Crippen molar-refractivity contribution in [1.29, 1.82) is 0 Å². The zero-order valence-corrected chi connectivity index (χ0v) is 11.3. The van der Waals surface area contributed by atoms with Gasteiger partial charge >= 0.3 is 5.97 Å². The standard InChI is InChI=1S/C10H7BrCl2O3/c1-16-10(15)9(14)4-6-7(12)2-5(11)3-8(6)13/h2-3H,4H2,1H3. The van der Waals surface area contributed by atoms with Crippen molar-refractivity contribution in [3.63, 3.8) is 0 Å². The second-order valence-corrected chi connectivity index (χ2v) is 4.67. The van der Waals surface area contributed by atoms with Crippen LogP contribution in [-0.2, 0) is 20.7 Å². The van der Waals surface area contributed by atoms with Gasteiger partial charge in [0, 0.05) is 20.9 Å². The molecule has 86 valence electrons. The maximum atomic E-state index is 11.3. The Hall–Kier alpha value is -0.580. The molecule has 0 radical (unpaired) electrons. The fraction of sp³-hybridized carbons (Fsp3) is 0.200. The number of methoxy groups -OCH3 is 1. The van der Waals surface area contributed by atoms with Crippen LogP contribution < -0.4 is 0 Å². The van der Waals surface area contributed by atoms with Gasteiger partial charge in [0.1, 0.15) is 0 Å². The number of hydrogen-bond acceptors (Lipinski definition) is 3. The summed E-state index contributed by atoms with van der Waals surface area (Å²) in [6, 6.07) is 3.21. The summed E-state index contributed by atoms with van der Waals surface area (Å²) in [5, 5.41) is 0.660. The minimum absolute atomic E-state index is 0.169. The lowest BCUT2D eigenvalue weighted by Crippen LogP contribution is -2.18. The van der Waals surface area contributed by atoms with Gasteiger partial charge < -0.3 is 4.74 Å². The fourth-order valence-electron chi connectivity index (χ4n) is 1.09. The number of carbonyl (C=O) groups excluding carboxylic acids is 2. The molecule has 0 heterocycles. The Kier molecular flexibility index (Phi) is 4.77. The number of benzene rings is 1. The monoisotopic (exact) mass is 324 g/mol. The van der Waals surface area contributed by atoms with Crippen LogP contribution in [-0.4, -0.2) is 18.9 Å². The maximum Gasteiger partial charge on any atom is 0.374 e. The molecule has 16 heavy (non-hydrogen) atoms. The molecule has 0 aromatic heterocycles. The number of carbonyl (C=O) groups is 2. The van der Waals surface area contributed by atoms with Crippen LogP contribution in [0.2, 0.25) is 10.0 Å². The van der Waals surface area contributed by atoms with E-state index in [0.717, 1.165) is 7.11 Å². The molecule has 1 aromatic rings. The van der Waals surface area contributed by atoms with Crippen LogP contribution in [0.25, 0.3) is 0 Å². The van der Waals surface area contributed by atoms with Crippen LogP contribution >= 0.6 is 39.1 Å². The van der Waals surface area contributed by atoms with Gasteiger partial charge in [-0.25, -0.2) is 4.79 Å². The van der Waals surface area contributed by atoms with Gasteiger partial charge in [0.15, 0.2) is 0 Å². The molecular formula is C10H7BrCl2O3. The van der Waals surface area contributed by atoms with Crippen molar-refractivity contribution < 1.29 is 14.3 Å². The van der Waals surface area contributed by atoms with Gasteiger partial charge in [-0.2, -0.15) is 0 Å². The number of ketones is 1. The molecule has 0 unspecified atom stereocenters. The van der Waals surface area contributed by atoms with Gasteiger partial charge in [-0.3, -0.25) is 4.79 Å². The van der Waals surface area contributed by atoms with E-state index < -0.39 is 11.8 Å². The van der Waals surface area contributed by atoms with E-state index in [4.69, 9.17) is 23.2 Å². The van der Waals surface area contributed by atoms with Crippen molar-refractivity contribution >= 4 is 50.9 Å². The summed E-state index contributed by atoms with van der Waals surface area (Å²) in [4.78, 5) is 22.3. The van der Waals surface area contributed by atoms with Crippen molar-refractivity contribution in [2.45, 2.75) is 6.42 Å². The van der Waals surface area contributed by atoms with E-state index in [2.05, 4.69) is 20.7 Å². The maximum absolute atomic E-state index is 11.3. The fourth-order valence-corrected chi connectivity index (χ4v) is 2.43. The number of halogens is 3. The van der Waals surface area contributed by atoms with Crippen LogP contribution in [0.5, 0.6) is 0 Å². The third-order valence-corrected chi connectivity index (χ3v) is 2.99. The molecule has 0 aliphatic heterocycles. The molecule has 0 bridgehead atoms. The molecule has 3 nitrogen and oxygen atoms in total. The van der Waals surface area contributed by atoms with Gasteiger partial charge in [0.05, 0.1) is 7.11 Å². The molecule has 0 saturated carbocycles. The number of Topliss-reactive ketones (excluding diaryl/α,β-unsaturated/α-hetero) is 1. The zero-order valence-electron chi connectivity index (χ0n) is 8.22. The molecule has 0 spiro atoms. The Morgan fingerprint density at radius 1 is 1.31 bits per heavy atom. The summed E-state index contributed by atoms with van der Waals surface area (Å²) in [6.45, 7) is 0. The van der Waals surface area contributed by atoms with Crippen LogP contribution in [0, 0.1) is 0 Å². The summed E-state index contributed by atoms with van der Waals surface area (Å²) in [5.41, 5.74) is 0.418. The molecule has 0 atom stereocenters. The highest BCUT2D eigenvalue weighted by Gasteiger charge is 2.18. The molecule has 0 amide bonds. The number of esters is 1. The molecule has 0 N–H and O–H groups in total. The Morgan fingerprint density at radius 2 is 1.81 bits per heavy atom. The second kappa shape index (κ2) is 5.66. The van der Waals surface area contributed by atoms with Gasteiger partial charge in [-0.15, -0.1) is 0 Å². The predicted octanol–water partition coefficient (Wildman–Crippen LogP) is 3.04. The minimum Gasteiger partial charge on any atom is -0.463 e. The van der Waals surface area contributed by atoms with E-state index in [1.165, 1.54) is 0 Å². The highest BCUT2D eigenvalue weighted by molar-refractivity contribution is 9.10. The predicted molar refractivity (Wildman–Crippen MR) is 64.9 cm³/mol. The summed E-state index contributed by atoms with van der Waals surface area (Å²) >= 11 is 15.0. The van der Waals surface area contributed by atoms with E-state index in [9.17, 15) is 9.59 Å². The van der Waals surface area contributed by atoms with Crippen molar-refractivity contribution in [1.82, 2.24) is 0 Å². The SMILES string of the molecule is COC(=O)C(=O)Cc1c(Cl)cc(Br)cc1Cl. The molecule has 1 aromatic carbocycles. The lowest BCUT2D eigenvalue weighted by atomic mass is 10.1. The van der Waals surface area contributed by atoms with E-state index >= 15 is 0 Å². The van der Waals surface area contributed by atoms with Gasteiger partial charge in [-0.1, -0.05) is 39.1 Å². The van der Waals surface area contributed by atoms with E-state index in [0.29, 0.717) is 20.1 Å². The van der Waals surface area contributed by atoms with Gasteiger partial charge in [-0.05, 0) is 17.7 Å². The Morgan fingerprint density at radius 3 is 2.25 bits per heavy atom. The lowest BCUT2D eigenvalue weighted by molar-refractivity contribution is -0.151. The molecule has 0 saturated heterocycles. The lowest BCUT2D eigenvalue weighted by Gasteiger charge is -2.06. The van der Waals surface area contributed by atoms with Crippen LogP contribution in [0.15, 0.2) is 16.6 Å². The minimum atomic E-state index is -0.907. The zero-order chi connectivity index (χ0) is 12.3. The topological polar surface area (TPSA) is 43.4 Å². The first-order chi connectivity index (χ1) is 7.45. The van der Waals surface area contributed by atoms with Crippen molar-refractivity contribution in [2.24, 2.45) is 0 Å². The summed E-state index contributed by atoms with van der Waals surface area (Å²) < 4.78 is 5.01. The van der Waals surface area contributed by atoms with Gasteiger partial charge in [0.2, 0.25) is 5.78 Å². The highest BCUT2D eigenvalue weighted by Crippen LogP contribution is 2.29. The molecule has 0 aliphatic carbocycles. The van der Waals surface area contributed by atoms with Crippen molar-refractivity contribution in [3.8, 4) is 0 Å². The Labute approximate surface area is 111 Å². The van der Waals surface area contributed by atoms with E-state index in [1.807, 2.05) is 0 Å². The van der Waals surface area contributed by atoms with Crippen molar-refractivity contribution in [3.05, 3.63) is 32.2 Å². The number of hydrogen-bond donors (Lipinski definition) is 0. The summed E-state index contributed by atoms with van der Waals surface area (Å²) in [5.74, 6) is -1.59. The third-order valence-electron chi connectivity index (χ3n) is 1.86. The van der Waals surface area contributed by atoms with Gasteiger partial charge in [0.25, 0.3) is 0 Å². The summed E-state index contributed by atoms with van der Waals surface area (Å²) in [6.07, 6.45) is -0.169. The first kappa shape index (κ1) is 13.5. The largest absolute Gasteiger partial charge is 0.463 e. The normalized spacial score (nSPS) is 10.0. The first-order valence-corrected chi connectivity index (χ1v) is 5.75. The van der Waals surface area contributed by atoms with Crippen LogP contribution in [0.3, 0.4) is 0 Å². The van der Waals surface area contributed by atoms with Crippen LogP contribution in [0.1, 0.15) is 5.56 Å². The van der Waals surface area contributed by atoms with Crippen molar-refractivity contribution in [2.75, 3.05) is 7.11 Å². The molecule has 6 heteroatoms. The average Bonchev–Trinajstić information content (AvgIpc) is 2.21. The average molecular weight is 326 g/mol. The highest BCUT2D eigenvalue weighted by atomic mass is 79.9. The first-order valence-electron chi connectivity index (χ1n) is 4.20. The molecule has 0 aliphatic rings. The Bertz CT molecular complexity index is 423. The third kappa shape index (κ3) is 3.20. The van der Waals surface area contributed by atoms with E-state index in [-0.39, 0.29) is 6.42 Å². The Balaban J connectivity index is 2.98. The quantitative estimate of drug-likeness (QED) is 0.633. The smallest absolute Gasteiger partial charge is 0.374 e. The number of ether oxygens (including phenoxy) is 1. The molecular weight excluding hydrogens is 319 g/mol. The van der Waals surface area contributed by atoms with E-state index in [1.54, 1.807) is 12.1 Å². The molecule has 0 fully saturated rings. The second-order valence-electron chi connectivity index (χ2n) is 2.94. The summed E-state index contributed by atoms with van der Waals surface area (Å²) in [7, 11) is 1.14. The number of rotatable bonds is 3. The molecule has 1 rings (SSSR count). The van der Waals surface area contributed by atoms with Crippen LogP contribution in [0.4, 0.5) is 0 Å².